The van der Waals surface area contributed by atoms with Crippen molar-refractivity contribution in [1.82, 2.24) is 9.80 Å². The van der Waals surface area contributed by atoms with Gasteiger partial charge in [-0.2, -0.15) is 0 Å². The summed E-state index contributed by atoms with van der Waals surface area (Å²) >= 11 is 5.90. The number of benzene rings is 2. The van der Waals surface area contributed by atoms with E-state index in [1.807, 2.05) is 6.07 Å². The minimum atomic E-state index is -0.284. The Morgan fingerprint density at radius 1 is 0.935 bits per heavy atom. The Kier molecular flexibility index (Phi) is 7.70. The number of para-hydroxylation sites is 1. The largest absolute Gasteiger partial charge is 0.324 e. The normalized spacial score (nSPS) is 15.9. The summed E-state index contributed by atoms with van der Waals surface area (Å²) in [4.78, 5) is 30.1. The Balaban J connectivity index is 1.60. The van der Waals surface area contributed by atoms with Gasteiger partial charge in [-0.25, -0.2) is 0 Å². The topological polar surface area (TPSA) is 64.7 Å². The molecule has 6 nitrogen and oxygen atoms in total. The van der Waals surface area contributed by atoms with Crippen molar-refractivity contribution >= 4 is 34.8 Å². The fraction of sp³-hybridized carbons (Fsp3) is 0.417. The molecule has 0 bridgehead atoms. The molecule has 166 valence electrons. The van der Waals surface area contributed by atoms with Crippen molar-refractivity contribution in [2.24, 2.45) is 0 Å². The third kappa shape index (κ3) is 6.79. The van der Waals surface area contributed by atoms with Crippen LogP contribution >= 0.6 is 11.6 Å². The van der Waals surface area contributed by atoms with Gasteiger partial charge in [-0.05, 0) is 76.7 Å². The van der Waals surface area contributed by atoms with Crippen LogP contribution < -0.4 is 10.6 Å². The first-order chi connectivity index (χ1) is 14.7. The summed E-state index contributed by atoms with van der Waals surface area (Å²) in [6, 6.07) is 13.9. The molecule has 0 radical (unpaired) electrons. The number of anilines is 2. The number of halogens is 1. The highest BCUT2D eigenvalue weighted by Crippen LogP contribution is 2.20. The highest BCUT2D eigenvalue weighted by Gasteiger charge is 2.25. The SMILES string of the molecule is CC(C)(C)N1CCCN(CC(=O)Nc2ccccc2C(=O)Nc2ccc(Cl)cc2)CC1. The van der Waals surface area contributed by atoms with E-state index in [9.17, 15) is 9.59 Å². The lowest BCUT2D eigenvalue weighted by molar-refractivity contribution is -0.117. The summed E-state index contributed by atoms with van der Waals surface area (Å²) in [5.74, 6) is -0.398. The molecular formula is C24H31ClN4O2. The smallest absolute Gasteiger partial charge is 0.257 e. The molecule has 0 unspecified atom stereocenters. The second kappa shape index (κ2) is 10.3. The molecule has 0 saturated carbocycles. The first-order valence-electron chi connectivity index (χ1n) is 10.7. The second-order valence-corrected chi connectivity index (χ2v) is 9.28. The Bertz CT molecular complexity index is 909. The first-order valence-corrected chi connectivity index (χ1v) is 11.0. The van der Waals surface area contributed by atoms with Crippen LogP contribution in [0.1, 0.15) is 37.6 Å². The molecule has 1 aliphatic rings. The highest BCUT2D eigenvalue weighted by molar-refractivity contribution is 6.30. The number of nitrogens with one attached hydrogen (secondary N) is 2. The lowest BCUT2D eigenvalue weighted by Crippen LogP contribution is -2.44. The maximum absolute atomic E-state index is 12.8. The van der Waals surface area contributed by atoms with Crippen molar-refractivity contribution < 1.29 is 9.59 Å². The van der Waals surface area contributed by atoms with Gasteiger partial charge < -0.3 is 10.6 Å². The Labute approximate surface area is 189 Å². The van der Waals surface area contributed by atoms with Crippen molar-refractivity contribution in [3.63, 3.8) is 0 Å². The van der Waals surface area contributed by atoms with Gasteiger partial charge in [0.05, 0.1) is 17.8 Å². The van der Waals surface area contributed by atoms with Gasteiger partial charge in [-0.15, -0.1) is 0 Å². The van der Waals surface area contributed by atoms with Crippen LogP contribution in [0, 0.1) is 0 Å². The van der Waals surface area contributed by atoms with Crippen LogP contribution in [0.25, 0.3) is 0 Å². The lowest BCUT2D eigenvalue weighted by Gasteiger charge is -2.34. The molecule has 2 amide bonds. The predicted molar refractivity (Wildman–Crippen MR) is 127 cm³/mol. The van der Waals surface area contributed by atoms with E-state index < -0.39 is 0 Å². The van der Waals surface area contributed by atoms with Crippen molar-refractivity contribution in [2.45, 2.75) is 32.7 Å². The molecule has 1 aliphatic heterocycles. The number of nitrogens with zero attached hydrogens (tertiary/aromatic N) is 2. The van der Waals surface area contributed by atoms with Gasteiger partial charge in [0.2, 0.25) is 5.91 Å². The van der Waals surface area contributed by atoms with E-state index in [0.29, 0.717) is 28.5 Å². The molecule has 3 rings (SSSR count). The summed E-state index contributed by atoms with van der Waals surface area (Å²) in [5.41, 5.74) is 1.70. The molecule has 1 saturated heterocycles. The second-order valence-electron chi connectivity index (χ2n) is 8.84. The number of carbonyl (C=O) groups excluding carboxylic acids is 2. The van der Waals surface area contributed by atoms with Crippen molar-refractivity contribution in [3.8, 4) is 0 Å². The predicted octanol–water partition coefficient (Wildman–Crippen LogP) is 4.34. The fourth-order valence-electron chi connectivity index (χ4n) is 3.71. The number of hydrogen-bond acceptors (Lipinski definition) is 4. The number of amides is 2. The molecule has 31 heavy (non-hydrogen) atoms. The van der Waals surface area contributed by atoms with E-state index in [-0.39, 0.29) is 17.4 Å². The standard InChI is InChI=1S/C24H31ClN4O2/c1-24(2,3)29-14-6-13-28(15-16-29)17-22(30)27-21-8-5-4-7-20(21)23(31)26-19-11-9-18(25)10-12-19/h4-5,7-12H,6,13-17H2,1-3H3,(H,26,31)(H,27,30). The van der Waals surface area contributed by atoms with Gasteiger partial charge in [-0.3, -0.25) is 19.4 Å². The van der Waals surface area contributed by atoms with Crippen LogP contribution in [0.2, 0.25) is 5.02 Å². The van der Waals surface area contributed by atoms with Crippen LogP contribution in [0.5, 0.6) is 0 Å². The molecule has 0 atom stereocenters. The van der Waals surface area contributed by atoms with E-state index in [1.54, 1.807) is 42.5 Å². The molecular weight excluding hydrogens is 412 g/mol. The third-order valence-corrected chi connectivity index (χ3v) is 5.70. The van der Waals surface area contributed by atoms with Crippen LogP contribution in [0.3, 0.4) is 0 Å². The molecule has 1 heterocycles. The highest BCUT2D eigenvalue weighted by atomic mass is 35.5. The minimum absolute atomic E-state index is 0.115. The number of hydrogen-bond donors (Lipinski definition) is 2. The summed E-state index contributed by atoms with van der Waals surface area (Å²) < 4.78 is 0. The Morgan fingerprint density at radius 3 is 2.35 bits per heavy atom. The third-order valence-electron chi connectivity index (χ3n) is 5.45. The monoisotopic (exact) mass is 442 g/mol. The summed E-state index contributed by atoms with van der Waals surface area (Å²) in [6.07, 6.45) is 1.03. The molecule has 0 spiro atoms. The average molecular weight is 443 g/mol. The fourth-order valence-corrected chi connectivity index (χ4v) is 3.84. The number of carbonyl (C=O) groups is 2. The molecule has 1 fully saturated rings. The minimum Gasteiger partial charge on any atom is -0.324 e. The first kappa shape index (κ1) is 23.3. The van der Waals surface area contributed by atoms with E-state index in [4.69, 9.17) is 11.6 Å². The van der Waals surface area contributed by atoms with E-state index in [1.165, 1.54) is 0 Å². The molecule has 2 aromatic carbocycles. The molecule has 0 aliphatic carbocycles. The van der Waals surface area contributed by atoms with Gasteiger partial charge in [0.15, 0.2) is 0 Å². The maximum Gasteiger partial charge on any atom is 0.257 e. The van der Waals surface area contributed by atoms with Crippen LogP contribution in [-0.4, -0.2) is 59.9 Å². The van der Waals surface area contributed by atoms with Crippen LogP contribution in [-0.2, 0) is 4.79 Å². The summed E-state index contributed by atoms with van der Waals surface area (Å²) in [6.45, 7) is 10.7. The zero-order valence-corrected chi connectivity index (χ0v) is 19.2. The average Bonchev–Trinajstić information content (AvgIpc) is 2.95. The quantitative estimate of drug-likeness (QED) is 0.723. The van der Waals surface area contributed by atoms with Crippen molar-refractivity contribution in [2.75, 3.05) is 43.4 Å². The van der Waals surface area contributed by atoms with Gasteiger partial charge in [0.1, 0.15) is 0 Å². The lowest BCUT2D eigenvalue weighted by atomic mass is 10.1. The zero-order valence-electron chi connectivity index (χ0n) is 18.5. The van der Waals surface area contributed by atoms with Gasteiger partial charge >= 0.3 is 0 Å². The van der Waals surface area contributed by atoms with E-state index >= 15 is 0 Å². The number of rotatable bonds is 5. The van der Waals surface area contributed by atoms with E-state index in [2.05, 4.69) is 41.2 Å². The van der Waals surface area contributed by atoms with Crippen LogP contribution in [0.15, 0.2) is 48.5 Å². The zero-order chi connectivity index (χ0) is 22.4. The Morgan fingerprint density at radius 2 is 1.65 bits per heavy atom. The molecule has 2 N–H and O–H groups in total. The Hall–Kier alpha value is -2.41. The molecule has 7 heteroatoms. The maximum atomic E-state index is 12.8. The van der Waals surface area contributed by atoms with Gasteiger partial charge in [0.25, 0.3) is 5.91 Å². The van der Waals surface area contributed by atoms with Crippen LogP contribution in [0.4, 0.5) is 11.4 Å². The van der Waals surface area contributed by atoms with Crippen molar-refractivity contribution in [3.05, 3.63) is 59.1 Å². The molecule has 2 aromatic rings. The van der Waals surface area contributed by atoms with Crippen molar-refractivity contribution in [1.29, 1.82) is 0 Å². The van der Waals surface area contributed by atoms with Gasteiger partial charge in [0, 0.05) is 29.3 Å². The van der Waals surface area contributed by atoms with E-state index in [0.717, 1.165) is 32.6 Å². The summed E-state index contributed by atoms with van der Waals surface area (Å²) in [7, 11) is 0. The molecule has 0 aromatic heterocycles. The van der Waals surface area contributed by atoms with Gasteiger partial charge in [-0.1, -0.05) is 23.7 Å². The summed E-state index contributed by atoms with van der Waals surface area (Å²) in [5, 5.41) is 6.36.